The Morgan fingerprint density at radius 1 is 1.45 bits per heavy atom. The number of nitrogens with zero attached hydrogens (tertiary/aromatic N) is 2. The van der Waals surface area contributed by atoms with Crippen molar-refractivity contribution in [1.29, 1.82) is 0 Å². The standard InChI is InChI=1S/C15H23N3O2/c1-10-8-16-12(11(2)13(10)20-5)9-18-7-6-17-15(3,4)14(18)19/h8,17H,6-7,9H2,1-5H3. The number of rotatable bonds is 3. The third kappa shape index (κ3) is 2.63. The summed E-state index contributed by atoms with van der Waals surface area (Å²) in [6.07, 6.45) is 1.80. The minimum absolute atomic E-state index is 0.115. The normalized spacial score (nSPS) is 18.2. The Morgan fingerprint density at radius 3 is 2.80 bits per heavy atom. The molecule has 1 N–H and O–H groups in total. The topological polar surface area (TPSA) is 54.5 Å². The molecule has 0 bridgehead atoms. The molecule has 0 spiro atoms. The van der Waals surface area contributed by atoms with Gasteiger partial charge >= 0.3 is 0 Å². The maximum absolute atomic E-state index is 12.4. The van der Waals surface area contributed by atoms with Crippen LogP contribution in [0.3, 0.4) is 0 Å². The number of hydrogen-bond donors (Lipinski definition) is 1. The van der Waals surface area contributed by atoms with E-state index >= 15 is 0 Å². The molecule has 2 rings (SSSR count). The summed E-state index contributed by atoms with van der Waals surface area (Å²) < 4.78 is 5.42. The van der Waals surface area contributed by atoms with Gasteiger partial charge in [0.2, 0.25) is 5.91 Å². The molecule has 0 aromatic carbocycles. The van der Waals surface area contributed by atoms with E-state index in [-0.39, 0.29) is 5.91 Å². The molecule has 0 atom stereocenters. The first kappa shape index (κ1) is 14.8. The summed E-state index contributed by atoms with van der Waals surface area (Å²) in [5.41, 5.74) is 2.43. The minimum atomic E-state index is -0.499. The van der Waals surface area contributed by atoms with E-state index in [0.29, 0.717) is 13.1 Å². The molecule has 1 aliphatic rings. The fourth-order valence-electron chi connectivity index (χ4n) is 2.64. The van der Waals surface area contributed by atoms with Crippen molar-refractivity contribution >= 4 is 5.91 Å². The molecule has 110 valence electrons. The van der Waals surface area contributed by atoms with Crippen LogP contribution in [0.5, 0.6) is 5.75 Å². The number of amides is 1. The fraction of sp³-hybridized carbons (Fsp3) is 0.600. The van der Waals surface area contributed by atoms with Crippen molar-refractivity contribution in [3.8, 4) is 5.75 Å². The molecule has 20 heavy (non-hydrogen) atoms. The van der Waals surface area contributed by atoms with Crippen LogP contribution in [0.4, 0.5) is 0 Å². The first-order valence-electron chi connectivity index (χ1n) is 6.90. The number of methoxy groups -OCH3 is 1. The van der Waals surface area contributed by atoms with Crippen LogP contribution >= 0.6 is 0 Å². The molecule has 1 aliphatic heterocycles. The van der Waals surface area contributed by atoms with Crippen molar-refractivity contribution in [2.45, 2.75) is 39.8 Å². The summed E-state index contributed by atoms with van der Waals surface area (Å²) in [5, 5.41) is 3.23. The number of nitrogens with one attached hydrogen (secondary N) is 1. The number of aryl methyl sites for hydroxylation is 1. The molecule has 5 nitrogen and oxygen atoms in total. The van der Waals surface area contributed by atoms with Crippen LogP contribution in [0.15, 0.2) is 6.20 Å². The number of hydrogen-bond acceptors (Lipinski definition) is 4. The van der Waals surface area contributed by atoms with Crippen LogP contribution in [0.1, 0.15) is 30.7 Å². The molecule has 1 aromatic heterocycles. The average molecular weight is 277 g/mol. The highest BCUT2D eigenvalue weighted by molar-refractivity contribution is 5.86. The van der Waals surface area contributed by atoms with Gasteiger partial charge in [-0.1, -0.05) is 0 Å². The molecule has 0 aliphatic carbocycles. The highest BCUT2D eigenvalue weighted by Crippen LogP contribution is 2.25. The molecule has 5 heteroatoms. The van der Waals surface area contributed by atoms with Crippen molar-refractivity contribution in [2.75, 3.05) is 20.2 Å². The zero-order valence-electron chi connectivity index (χ0n) is 12.9. The highest BCUT2D eigenvalue weighted by atomic mass is 16.5. The third-order valence-electron chi connectivity index (χ3n) is 3.86. The zero-order valence-corrected chi connectivity index (χ0v) is 12.9. The van der Waals surface area contributed by atoms with Gasteiger partial charge in [0.25, 0.3) is 0 Å². The number of piperazine rings is 1. The lowest BCUT2D eigenvalue weighted by Crippen LogP contribution is -2.60. The Kier molecular flexibility index (Phi) is 3.99. The van der Waals surface area contributed by atoms with E-state index in [1.165, 1.54) is 0 Å². The number of ether oxygens (including phenoxy) is 1. The van der Waals surface area contributed by atoms with Gasteiger partial charge < -0.3 is 15.0 Å². The second-order valence-corrected chi connectivity index (χ2v) is 5.82. The summed E-state index contributed by atoms with van der Waals surface area (Å²) in [7, 11) is 1.66. The monoisotopic (exact) mass is 277 g/mol. The van der Waals surface area contributed by atoms with Gasteiger partial charge in [0, 0.05) is 30.4 Å². The van der Waals surface area contributed by atoms with Crippen molar-refractivity contribution in [1.82, 2.24) is 15.2 Å². The van der Waals surface area contributed by atoms with Crippen molar-refractivity contribution < 1.29 is 9.53 Å². The van der Waals surface area contributed by atoms with Gasteiger partial charge in [-0.15, -0.1) is 0 Å². The lowest BCUT2D eigenvalue weighted by Gasteiger charge is -2.38. The van der Waals surface area contributed by atoms with E-state index < -0.39 is 5.54 Å². The largest absolute Gasteiger partial charge is 0.496 e. The molecule has 1 aromatic rings. The Bertz CT molecular complexity index is 526. The lowest BCUT2D eigenvalue weighted by atomic mass is 10.00. The van der Waals surface area contributed by atoms with E-state index in [0.717, 1.165) is 29.1 Å². The highest BCUT2D eigenvalue weighted by Gasteiger charge is 2.35. The fourth-order valence-corrected chi connectivity index (χ4v) is 2.64. The summed E-state index contributed by atoms with van der Waals surface area (Å²) in [4.78, 5) is 18.7. The number of carbonyl (C=O) groups excluding carboxylic acids is 1. The van der Waals surface area contributed by atoms with Crippen molar-refractivity contribution in [2.24, 2.45) is 0 Å². The molecular formula is C15H23N3O2. The minimum Gasteiger partial charge on any atom is -0.496 e. The lowest BCUT2D eigenvalue weighted by molar-refractivity contribution is -0.140. The van der Waals surface area contributed by atoms with E-state index in [2.05, 4.69) is 10.3 Å². The van der Waals surface area contributed by atoms with Gasteiger partial charge in [0.1, 0.15) is 5.75 Å². The second kappa shape index (κ2) is 5.40. The smallest absolute Gasteiger partial charge is 0.242 e. The molecule has 1 fully saturated rings. The maximum Gasteiger partial charge on any atom is 0.242 e. The molecular weight excluding hydrogens is 254 g/mol. The van der Waals surface area contributed by atoms with Gasteiger partial charge in [-0.3, -0.25) is 9.78 Å². The van der Waals surface area contributed by atoms with Gasteiger partial charge in [0.15, 0.2) is 0 Å². The van der Waals surface area contributed by atoms with Crippen LogP contribution in [0, 0.1) is 13.8 Å². The van der Waals surface area contributed by atoms with Crippen LogP contribution in [-0.4, -0.2) is 41.5 Å². The molecule has 2 heterocycles. The van der Waals surface area contributed by atoms with Crippen LogP contribution in [0.2, 0.25) is 0 Å². The maximum atomic E-state index is 12.4. The molecule has 1 amide bonds. The first-order chi connectivity index (χ1) is 9.36. The quantitative estimate of drug-likeness (QED) is 0.908. The van der Waals surface area contributed by atoms with Crippen LogP contribution in [0.25, 0.3) is 0 Å². The Hall–Kier alpha value is -1.62. The predicted octanol–water partition coefficient (Wildman–Crippen LogP) is 1.42. The van der Waals surface area contributed by atoms with Crippen molar-refractivity contribution in [3.63, 3.8) is 0 Å². The van der Waals surface area contributed by atoms with Gasteiger partial charge in [-0.25, -0.2) is 0 Å². The Labute approximate surface area is 120 Å². The summed E-state index contributed by atoms with van der Waals surface area (Å²) in [6, 6.07) is 0. The third-order valence-corrected chi connectivity index (χ3v) is 3.86. The molecule has 0 unspecified atom stereocenters. The number of pyridine rings is 1. The average Bonchev–Trinajstić information content (AvgIpc) is 2.38. The Morgan fingerprint density at radius 2 is 2.15 bits per heavy atom. The van der Waals surface area contributed by atoms with E-state index in [1.54, 1.807) is 13.3 Å². The Balaban J connectivity index is 2.24. The predicted molar refractivity (Wildman–Crippen MR) is 77.8 cm³/mol. The van der Waals surface area contributed by atoms with E-state index in [1.807, 2.05) is 32.6 Å². The molecule has 0 radical (unpaired) electrons. The van der Waals surface area contributed by atoms with Crippen LogP contribution < -0.4 is 10.1 Å². The summed E-state index contributed by atoms with van der Waals surface area (Å²) in [6.45, 7) is 9.84. The zero-order chi connectivity index (χ0) is 14.9. The molecule has 0 saturated carbocycles. The second-order valence-electron chi connectivity index (χ2n) is 5.82. The van der Waals surface area contributed by atoms with E-state index in [4.69, 9.17) is 4.74 Å². The van der Waals surface area contributed by atoms with Gasteiger partial charge in [0.05, 0.1) is 24.9 Å². The van der Waals surface area contributed by atoms with Gasteiger partial charge in [-0.05, 0) is 27.7 Å². The number of aromatic nitrogens is 1. The van der Waals surface area contributed by atoms with Crippen LogP contribution in [-0.2, 0) is 11.3 Å². The SMILES string of the molecule is COc1c(C)cnc(CN2CCNC(C)(C)C2=O)c1C. The summed E-state index contributed by atoms with van der Waals surface area (Å²) in [5.74, 6) is 0.973. The van der Waals surface area contributed by atoms with Gasteiger partial charge in [-0.2, -0.15) is 0 Å². The van der Waals surface area contributed by atoms with E-state index in [9.17, 15) is 4.79 Å². The number of carbonyl (C=O) groups is 1. The van der Waals surface area contributed by atoms with Crippen molar-refractivity contribution in [3.05, 3.63) is 23.0 Å². The first-order valence-corrected chi connectivity index (χ1v) is 6.90. The summed E-state index contributed by atoms with van der Waals surface area (Å²) >= 11 is 0. The molecule has 1 saturated heterocycles.